The van der Waals surface area contributed by atoms with Gasteiger partial charge in [0, 0.05) is 5.56 Å². The summed E-state index contributed by atoms with van der Waals surface area (Å²) in [5, 5.41) is 15.9. The number of nitrogens with one attached hydrogen (secondary N) is 2. The standard InChI is InChI=1S/C27H27N3O6S/c1-4-6-22(5-2)37(34,35)30-26(33)28-23-17(3)29-36-24(23)20-9-7-18(8-10-20)19-11-13-21(14-12-19)27(15-16-27)25(31)32/h4-14H,15-16H2,1-3H3,(H,31,32)(H2,28,30,33)/b6-4-,22-5+. The number of allylic oxidation sites excluding steroid dienone is 3. The molecule has 0 atom stereocenters. The molecule has 1 aromatic heterocycles. The maximum atomic E-state index is 12.5. The Morgan fingerprint density at radius 1 is 1.00 bits per heavy atom. The van der Waals surface area contributed by atoms with Crippen LogP contribution in [0.3, 0.4) is 0 Å². The van der Waals surface area contributed by atoms with Gasteiger partial charge < -0.3 is 14.9 Å². The highest BCUT2D eigenvalue weighted by Gasteiger charge is 2.51. The molecule has 0 radical (unpaired) electrons. The molecule has 0 unspecified atom stereocenters. The number of carbonyl (C=O) groups excluding carboxylic acids is 1. The molecule has 0 aliphatic heterocycles. The van der Waals surface area contributed by atoms with E-state index in [9.17, 15) is 23.1 Å². The van der Waals surface area contributed by atoms with Crippen molar-refractivity contribution < 1.29 is 27.6 Å². The van der Waals surface area contributed by atoms with Crippen molar-refractivity contribution in [3.05, 3.63) is 82.9 Å². The van der Waals surface area contributed by atoms with Crippen LogP contribution < -0.4 is 10.0 Å². The third kappa shape index (κ3) is 5.19. The molecule has 1 aliphatic carbocycles. The van der Waals surface area contributed by atoms with E-state index in [2.05, 4.69) is 10.5 Å². The SMILES string of the molecule is C/C=C\C(=C/C)S(=O)(=O)NC(=O)Nc1c(C)noc1-c1ccc(-c2ccc(C3(C(=O)O)CC3)cc2)cc1. The molecule has 192 valence electrons. The van der Waals surface area contributed by atoms with Crippen LogP contribution in [0.1, 0.15) is 37.9 Å². The van der Waals surface area contributed by atoms with Gasteiger partial charge >= 0.3 is 12.0 Å². The van der Waals surface area contributed by atoms with Crippen LogP contribution in [0.25, 0.3) is 22.5 Å². The number of carbonyl (C=O) groups is 2. The number of carboxylic acid groups (broad SMARTS) is 1. The maximum absolute atomic E-state index is 12.5. The number of hydrogen-bond donors (Lipinski definition) is 3. The van der Waals surface area contributed by atoms with Gasteiger partial charge in [0.1, 0.15) is 11.4 Å². The van der Waals surface area contributed by atoms with Crippen LogP contribution in [-0.4, -0.2) is 30.7 Å². The van der Waals surface area contributed by atoms with Crippen molar-refractivity contribution in [2.24, 2.45) is 0 Å². The molecule has 3 N–H and O–H groups in total. The highest BCUT2D eigenvalue weighted by molar-refractivity contribution is 7.94. The first kappa shape index (κ1) is 25.9. The number of aryl methyl sites for hydroxylation is 1. The number of sulfonamides is 1. The molecule has 0 spiro atoms. The second kappa shape index (κ2) is 10.1. The fourth-order valence-electron chi connectivity index (χ4n) is 4.09. The molecular formula is C27H27N3O6S. The number of amides is 2. The molecule has 3 aromatic rings. The minimum absolute atomic E-state index is 0.0358. The molecular weight excluding hydrogens is 494 g/mol. The van der Waals surface area contributed by atoms with Crippen molar-refractivity contribution >= 4 is 27.7 Å². The Morgan fingerprint density at radius 3 is 2.08 bits per heavy atom. The Hall–Kier alpha value is -4.18. The number of urea groups is 1. The van der Waals surface area contributed by atoms with Crippen molar-refractivity contribution in [3.63, 3.8) is 0 Å². The predicted octanol–water partition coefficient (Wildman–Crippen LogP) is 5.36. The van der Waals surface area contributed by atoms with Gasteiger partial charge in [-0.05, 0) is 56.4 Å². The van der Waals surface area contributed by atoms with Gasteiger partial charge in [-0.2, -0.15) is 0 Å². The Bertz CT molecular complexity index is 1500. The highest BCUT2D eigenvalue weighted by atomic mass is 32.2. The summed E-state index contributed by atoms with van der Waals surface area (Å²) in [4.78, 5) is 24.0. The van der Waals surface area contributed by atoms with E-state index in [1.165, 1.54) is 12.2 Å². The number of carboxylic acids is 1. The van der Waals surface area contributed by atoms with Crippen LogP contribution in [0.15, 0.2) is 76.2 Å². The third-order valence-electron chi connectivity index (χ3n) is 6.33. The number of rotatable bonds is 8. The molecule has 1 heterocycles. The minimum atomic E-state index is -4.05. The average molecular weight is 522 g/mol. The topological polar surface area (TPSA) is 139 Å². The first-order valence-corrected chi connectivity index (χ1v) is 13.1. The molecule has 2 amide bonds. The van der Waals surface area contributed by atoms with E-state index in [1.54, 1.807) is 39.0 Å². The van der Waals surface area contributed by atoms with E-state index >= 15 is 0 Å². The molecule has 4 rings (SSSR count). The molecule has 9 nitrogen and oxygen atoms in total. The molecule has 2 aromatic carbocycles. The number of benzene rings is 2. The van der Waals surface area contributed by atoms with Gasteiger partial charge in [0.05, 0.1) is 10.3 Å². The second-order valence-corrected chi connectivity index (χ2v) is 10.4. The van der Waals surface area contributed by atoms with Gasteiger partial charge in [-0.1, -0.05) is 65.8 Å². The Kier molecular flexibility index (Phi) is 7.04. The zero-order valence-electron chi connectivity index (χ0n) is 20.6. The number of aliphatic carboxylic acids is 1. The third-order valence-corrected chi connectivity index (χ3v) is 7.78. The van der Waals surface area contributed by atoms with E-state index in [0.29, 0.717) is 24.1 Å². The maximum Gasteiger partial charge on any atom is 0.333 e. The lowest BCUT2D eigenvalue weighted by atomic mass is 9.93. The Morgan fingerprint density at radius 2 is 1.57 bits per heavy atom. The van der Waals surface area contributed by atoms with Crippen molar-refractivity contribution in [2.45, 2.75) is 39.0 Å². The summed E-state index contributed by atoms with van der Waals surface area (Å²) in [5.74, 6) is -0.508. The van der Waals surface area contributed by atoms with Gasteiger partial charge in [-0.15, -0.1) is 0 Å². The summed E-state index contributed by atoms with van der Waals surface area (Å²) >= 11 is 0. The quantitative estimate of drug-likeness (QED) is 0.339. The van der Waals surface area contributed by atoms with E-state index in [-0.39, 0.29) is 16.4 Å². The number of aromatic nitrogens is 1. The molecule has 1 aliphatic rings. The lowest BCUT2D eigenvalue weighted by molar-refractivity contribution is -0.140. The number of hydrogen-bond acceptors (Lipinski definition) is 6. The van der Waals surface area contributed by atoms with Crippen LogP contribution in [-0.2, 0) is 20.2 Å². The zero-order chi connectivity index (χ0) is 26.8. The van der Waals surface area contributed by atoms with E-state index in [1.807, 2.05) is 41.1 Å². The molecule has 0 bridgehead atoms. The fraction of sp³-hybridized carbons (Fsp3) is 0.222. The molecule has 1 fully saturated rings. The smallest absolute Gasteiger partial charge is 0.333 e. The van der Waals surface area contributed by atoms with Crippen LogP contribution in [0.2, 0.25) is 0 Å². The van der Waals surface area contributed by atoms with Crippen LogP contribution in [0.5, 0.6) is 0 Å². The van der Waals surface area contributed by atoms with Gasteiger partial charge in [-0.25, -0.2) is 17.9 Å². The summed E-state index contributed by atoms with van der Waals surface area (Å²) in [7, 11) is -4.05. The van der Waals surface area contributed by atoms with Gasteiger partial charge in [-0.3, -0.25) is 4.79 Å². The summed E-state index contributed by atoms with van der Waals surface area (Å²) in [6.07, 6.45) is 5.64. The van der Waals surface area contributed by atoms with Gasteiger partial charge in [0.2, 0.25) is 0 Å². The summed E-state index contributed by atoms with van der Waals surface area (Å²) in [5.41, 5.74) is 3.16. The van der Waals surface area contributed by atoms with E-state index < -0.39 is 27.4 Å². The first-order chi connectivity index (χ1) is 17.6. The largest absolute Gasteiger partial charge is 0.481 e. The first-order valence-electron chi connectivity index (χ1n) is 11.6. The number of anilines is 1. The van der Waals surface area contributed by atoms with Crippen molar-refractivity contribution in [1.82, 2.24) is 9.88 Å². The minimum Gasteiger partial charge on any atom is -0.481 e. The predicted molar refractivity (Wildman–Crippen MR) is 140 cm³/mol. The molecule has 0 saturated heterocycles. The highest BCUT2D eigenvalue weighted by Crippen LogP contribution is 2.48. The van der Waals surface area contributed by atoms with Crippen molar-refractivity contribution in [1.29, 1.82) is 0 Å². The van der Waals surface area contributed by atoms with Crippen molar-refractivity contribution in [2.75, 3.05) is 5.32 Å². The molecule has 10 heteroatoms. The molecule has 37 heavy (non-hydrogen) atoms. The van der Waals surface area contributed by atoms with E-state index in [0.717, 1.165) is 16.7 Å². The fourth-order valence-corrected chi connectivity index (χ4v) is 5.12. The average Bonchev–Trinajstić information content (AvgIpc) is 3.62. The van der Waals surface area contributed by atoms with Crippen LogP contribution >= 0.6 is 0 Å². The van der Waals surface area contributed by atoms with Crippen LogP contribution in [0, 0.1) is 6.92 Å². The van der Waals surface area contributed by atoms with Gasteiger partial charge in [0.25, 0.3) is 10.0 Å². The molecule has 1 saturated carbocycles. The Labute approximate surface area is 214 Å². The second-order valence-electron chi connectivity index (χ2n) is 8.76. The summed E-state index contributed by atoms with van der Waals surface area (Å²) < 4.78 is 32.3. The summed E-state index contributed by atoms with van der Waals surface area (Å²) in [6.45, 7) is 4.87. The number of nitrogens with zero attached hydrogens (tertiary/aromatic N) is 1. The van der Waals surface area contributed by atoms with Gasteiger partial charge in [0.15, 0.2) is 5.76 Å². The monoisotopic (exact) mass is 521 g/mol. The lowest BCUT2D eigenvalue weighted by Crippen LogP contribution is -2.35. The lowest BCUT2D eigenvalue weighted by Gasteiger charge is -2.11. The zero-order valence-corrected chi connectivity index (χ0v) is 21.4. The summed E-state index contributed by atoms with van der Waals surface area (Å²) in [6, 6.07) is 13.9. The van der Waals surface area contributed by atoms with Crippen molar-refractivity contribution in [3.8, 4) is 22.5 Å². The van der Waals surface area contributed by atoms with E-state index in [4.69, 9.17) is 4.52 Å². The Balaban J connectivity index is 1.52. The van der Waals surface area contributed by atoms with Crippen LogP contribution in [0.4, 0.5) is 10.5 Å². The normalized spacial score (nSPS) is 14.9.